The second-order valence-electron chi connectivity index (χ2n) is 3.87. The summed E-state index contributed by atoms with van der Waals surface area (Å²) in [6, 6.07) is 9.20. The number of nitrogens with one attached hydrogen (secondary N) is 1. The number of amides is 1. The molecule has 1 rings (SSSR count). The van der Waals surface area contributed by atoms with Crippen molar-refractivity contribution >= 4 is 11.6 Å². The summed E-state index contributed by atoms with van der Waals surface area (Å²) in [7, 11) is 0. The minimum absolute atomic E-state index is 0.0483. The molecule has 0 aliphatic carbocycles. The van der Waals surface area contributed by atoms with Crippen LogP contribution in [0.5, 0.6) is 5.75 Å². The summed E-state index contributed by atoms with van der Waals surface area (Å²) in [5.74, 6) is 0.471. The van der Waals surface area contributed by atoms with Crippen molar-refractivity contribution in [1.82, 2.24) is 0 Å². The Morgan fingerprint density at radius 1 is 1.47 bits per heavy atom. The lowest BCUT2D eigenvalue weighted by Crippen LogP contribution is -2.13. The van der Waals surface area contributed by atoms with E-state index in [2.05, 4.69) is 5.32 Å². The van der Waals surface area contributed by atoms with Gasteiger partial charge < -0.3 is 10.1 Å². The first-order valence-electron chi connectivity index (χ1n) is 5.56. The van der Waals surface area contributed by atoms with Crippen LogP contribution in [0.1, 0.15) is 26.7 Å². The fourth-order valence-corrected chi connectivity index (χ4v) is 1.31. The molecule has 4 nitrogen and oxygen atoms in total. The quantitative estimate of drug-likeness (QED) is 0.849. The van der Waals surface area contributed by atoms with E-state index in [1.807, 2.05) is 32.0 Å². The van der Waals surface area contributed by atoms with Gasteiger partial charge in [0.25, 0.3) is 0 Å². The van der Waals surface area contributed by atoms with E-state index in [-0.39, 0.29) is 24.9 Å². The van der Waals surface area contributed by atoms with E-state index >= 15 is 0 Å². The third kappa shape index (κ3) is 4.56. The Hall–Kier alpha value is -2.02. The number of para-hydroxylation sites is 2. The molecule has 0 aliphatic heterocycles. The zero-order valence-corrected chi connectivity index (χ0v) is 10.1. The van der Waals surface area contributed by atoms with Crippen LogP contribution in [0, 0.1) is 11.3 Å². The second-order valence-corrected chi connectivity index (χ2v) is 3.87. The number of ether oxygens (including phenoxy) is 1. The van der Waals surface area contributed by atoms with Crippen LogP contribution in [0.4, 0.5) is 5.69 Å². The number of nitriles is 1. The zero-order valence-electron chi connectivity index (χ0n) is 10.1. The molecule has 90 valence electrons. The number of carbonyl (C=O) groups is 1. The zero-order chi connectivity index (χ0) is 12.7. The maximum absolute atomic E-state index is 11.5. The third-order valence-corrected chi connectivity index (χ3v) is 1.99. The van der Waals surface area contributed by atoms with Crippen molar-refractivity contribution in [2.45, 2.75) is 32.8 Å². The van der Waals surface area contributed by atoms with Crippen LogP contribution in [0.3, 0.4) is 0 Å². The molecular weight excluding hydrogens is 216 g/mol. The molecule has 0 fully saturated rings. The topological polar surface area (TPSA) is 62.1 Å². The van der Waals surface area contributed by atoms with Crippen molar-refractivity contribution in [3.05, 3.63) is 24.3 Å². The monoisotopic (exact) mass is 232 g/mol. The molecular formula is C13H16N2O2. The number of nitrogens with zero attached hydrogens (tertiary/aromatic N) is 1. The highest BCUT2D eigenvalue weighted by molar-refractivity contribution is 5.92. The van der Waals surface area contributed by atoms with E-state index in [0.717, 1.165) is 0 Å². The van der Waals surface area contributed by atoms with Crippen LogP contribution in [0.2, 0.25) is 0 Å². The maximum Gasteiger partial charge on any atom is 0.225 e. The van der Waals surface area contributed by atoms with Crippen molar-refractivity contribution in [1.29, 1.82) is 5.26 Å². The number of hydrogen-bond donors (Lipinski definition) is 1. The van der Waals surface area contributed by atoms with Gasteiger partial charge in [-0.25, -0.2) is 0 Å². The van der Waals surface area contributed by atoms with Crippen LogP contribution >= 0.6 is 0 Å². The molecule has 0 bridgehead atoms. The van der Waals surface area contributed by atoms with Gasteiger partial charge in [-0.05, 0) is 26.0 Å². The Morgan fingerprint density at radius 2 is 2.18 bits per heavy atom. The summed E-state index contributed by atoms with van der Waals surface area (Å²) < 4.78 is 5.57. The van der Waals surface area contributed by atoms with Gasteiger partial charge in [-0.3, -0.25) is 4.79 Å². The van der Waals surface area contributed by atoms with Crippen molar-refractivity contribution in [3.63, 3.8) is 0 Å². The maximum atomic E-state index is 11.5. The van der Waals surface area contributed by atoms with E-state index in [1.54, 1.807) is 12.1 Å². The van der Waals surface area contributed by atoms with Crippen molar-refractivity contribution in [2.24, 2.45) is 0 Å². The Labute approximate surface area is 101 Å². The highest BCUT2D eigenvalue weighted by Gasteiger charge is 2.08. The van der Waals surface area contributed by atoms with Crippen molar-refractivity contribution < 1.29 is 9.53 Å². The first kappa shape index (κ1) is 13.0. The lowest BCUT2D eigenvalue weighted by Gasteiger charge is -2.14. The second kappa shape index (κ2) is 6.54. The van der Waals surface area contributed by atoms with Gasteiger partial charge >= 0.3 is 0 Å². The normalized spacial score (nSPS) is 9.76. The van der Waals surface area contributed by atoms with Crippen molar-refractivity contribution in [2.75, 3.05) is 5.32 Å². The first-order chi connectivity index (χ1) is 8.13. The van der Waals surface area contributed by atoms with Crippen LogP contribution < -0.4 is 10.1 Å². The predicted molar refractivity (Wildman–Crippen MR) is 65.7 cm³/mol. The van der Waals surface area contributed by atoms with Crippen LogP contribution in [-0.2, 0) is 4.79 Å². The molecule has 17 heavy (non-hydrogen) atoms. The summed E-state index contributed by atoms with van der Waals surface area (Å²) in [5.41, 5.74) is 0.643. The number of anilines is 1. The highest BCUT2D eigenvalue weighted by atomic mass is 16.5. The fourth-order valence-electron chi connectivity index (χ4n) is 1.31. The summed E-state index contributed by atoms with van der Waals surface area (Å²) in [6.45, 7) is 3.85. The largest absolute Gasteiger partial charge is 0.489 e. The SMILES string of the molecule is CC(C)Oc1ccccc1NC(=O)CCC#N. The molecule has 0 unspecified atom stereocenters. The molecule has 0 radical (unpaired) electrons. The molecule has 0 atom stereocenters. The molecule has 0 aromatic heterocycles. The summed E-state index contributed by atoms with van der Waals surface area (Å²) in [5, 5.41) is 11.1. The van der Waals surface area contributed by atoms with Gasteiger partial charge in [-0.1, -0.05) is 12.1 Å². The van der Waals surface area contributed by atoms with Crippen LogP contribution in [-0.4, -0.2) is 12.0 Å². The number of hydrogen-bond acceptors (Lipinski definition) is 3. The molecule has 4 heteroatoms. The van der Waals surface area contributed by atoms with E-state index in [0.29, 0.717) is 11.4 Å². The van der Waals surface area contributed by atoms with E-state index < -0.39 is 0 Å². The predicted octanol–water partition coefficient (Wildman–Crippen LogP) is 2.72. The Kier molecular flexibility index (Phi) is 5.02. The average molecular weight is 232 g/mol. The molecule has 0 aliphatic rings. The van der Waals surface area contributed by atoms with Gasteiger partial charge in [-0.15, -0.1) is 0 Å². The van der Waals surface area contributed by atoms with Crippen LogP contribution in [0.15, 0.2) is 24.3 Å². The smallest absolute Gasteiger partial charge is 0.225 e. The molecule has 1 amide bonds. The molecule has 0 spiro atoms. The van der Waals surface area contributed by atoms with E-state index in [1.165, 1.54) is 0 Å². The van der Waals surface area contributed by atoms with Crippen molar-refractivity contribution in [3.8, 4) is 11.8 Å². The molecule has 1 aromatic carbocycles. The molecule has 1 aromatic rings. The van der Waals surface area contributed by atoms with E-state index in [9.17, 15) is 4.79 Å². The molecule has 0 saturated heterocycles. The molecule has 0 saturated carbocycles. The van der Waals surface area contributed by atoms with Gasteiger partial charge in [0.15, 0.2) is 0 Å². The number of carbonyl (C=O) groups excluding carboxylic acids is 1. The third-order valence-electron chi connectivity index (χ3n) is 1.99. The highest BCUT2D eigenvalue weighted by Crippen LogP contribution is 2.24. The average Bonchev–Trinajstić information content (AvgIpc) is 2.28. The standard InChI is InChI=1S/C13H16N2O2/c1-10(2)17-12-7-4-3-6-11(12)15-13(16)8-5-9-14/h3-4,6-7,10H,5,8H2,1-2H3,(H,15,16). The van der Waals surface area contributed by atoms with Gasteiger partial charge in [0.2, 0.25) is 5.91 Å². The fraction of sp³-hybridized carbons (Fsp3) is 0.385. The Bertz CT molecular complexity index is 422. The minimum atomic E-state index is -0.175. The lowest BCUT2D eigenvalue weighted by atomic mass is 10.2. The lowest BCUT2D eigenvalue weighted by molar-refractivity contribution is -0.116. The van der Waals surface area contributed by atoms with Gasteiger partial charge in [-0.2, -0.15) is 5.26 Å². The van der Waals surface area contributed by atoms with Gasteiger partial charge in [0.05, 0.1) is 17.9 Å². The first-order valence-corrected chi connectivity index (χ1v) is 5.56. The summed E-state index contributed by atoms with van der Waals surface area (Å²) >= 11 is 0. The summed E-state index contributed by atoms with van der Waals surface area (Å²) in [6.07, 6.45) is 0.470. The Morgan fingerprint density at radius 3 is 2.82 bits per heavy atom. The molecule has 0 heterocycles. The molecule has 1 N–H and O–H groups in total. The van der Waals surface area contributed by atoms with Gasteiger partial charge in [0.1, 0.15) is 5.75 Å². The van der Waals surface area contributed by atoms with Gasteiger partial charge in [0, 0.05) is 12.8 Å². The Balaban J connectivity index is 2.70. The van der Waals surface area contributed by atoms with Crippen LogP contribution in [0.25, 0.3) is 0 Å². The number of benzene rings is 1. The van der Waals surface area contributed by atoms with E-state index in [4.69, 9.17) is 10.00 Å². The minimum Gasteiger partial charge on any atom is -0.489 e. The summed E-state index contributed by atoms with van der Waals surface area (Å²) in [4.78, 5) is 11.5. The number of rotatable bonds is 5.